The molecule has 92 valence electrons. The van der Waals surface area contributed by atoms with Crippen LogP contribution in [0.2, 0.25) is 0 Å². The molecule has 0 heterocycles. The Morgan fingerprint density at radius 1 is 1.35 bits per heavy atom. The minimum absolute atomic E-state index is 0.00690. The van der Waals surface area contributed by atoms with Gasteiger partial charge in [0.2, 0.25) is 0 Å². The van der Waals surface area contributed by atoms with Gasteiger partial charge in [0.15, 0.2) is 11.6 Å². The van der Waals surface area contributed by atoms with Crippen molar-refractivity contribution >= 4 is 5.97 Å². The molecule has 1 aromatic carbocycles. The molecule has 2 nitrogen and oxygen atoms in total. The Morgan fingerprint density at radius 3 is 2.47 bits per heavy atom. The summed E-state index contributed by atoms with van der Waals surface area (Å²) in [5.74, 6) is -3.24. The van der Waals surface area contributed by atoms with E-state index in [0.29, 0.717) is 12.8 Å². The van der Waals surface area contributed by atoms with Gasteiger partial charge in [-0.2, -0.15) is 0 Å². The first-order valence-corrected chi connectivity index (χ1v) is 5.25. The number of benzene rings is 1. The van der Waals surface area contributed by atoms with Crippen molar-refractivity contribution in [2.75, 3.05) is 0 Å². The van der Waals surface area contributed by atoms with E-state index in [4.69, 9.17) is 5.11 Å². The van der Waals surface area contributed by atoms with Crippen molar-refractivity contribution in [3.8, 4) is 0 Å². The average Bonchev–Trinajstić information content (AvgIpc) is 3.01. The summed E-state index contributed by atoms with van der Waals surface area (Å²) < 4.78 is 39.3. The molecule has 17 heavy (non-hydrogen) atoms. The molecular formula is C12H11F3O2. The molecule has 0 aliphatic heterocycles. The van der Waals surface area contributed by atoms with Gasteiger partial charge in [-0.15, -0.1) is 0 Å². The smallest absolute Gasteiger partial charge is 0.304 e. The van der Waals surface area contributed by atoms with Crippen LogP contribution in [-0.4, -0.2) is 11.1 Å². The lowest BCUT2D eigenvalue weighted by Crippen LogP contribution is -2.16. The van der Waals surface area contributed by atoms with Gasteiger partial charge in [-0.3, -0.25) is 4.79 Å². The molecule has 0 atom stereocenters. The second-order valence-corrected chi connectivity index (χ2v) is 4.42. The molecule has 0 aromatic heterocycles. The van der Waals surface area contributed by atoms with Crippen LogP contribution < -0.4 is 0 Å². The highest BCUT2D eigenvalue weighted by Crippen LogP contribution is 2.52. The van der Waals surface area contributed by atoms with Gasteiger partial charge in [-0.25, -0.2) is 13.2 Å². The maximum absolute atomic E-state index is 13.6. The minimum atomic E-state index is -1.12. The van der Waals surface area contributed by atoms with Gasteiger partial charge in [-0.1, -0.05) is 0 Å². The summed E-state index contributed by atoms with van der Waals surface area (Å²) in [4.78, 5) is 10.7. The number of aliphatic carboxylic acids is 1. The number of alkyl halides is 1. The van der Waals surface area contributed by atoms with Crippen LogP contribution >= 0.6 is 0 Å². The van der Waals surface area contributed by atoms with Gasteiger partial charge in [-0.05, 0) is 36.1 Å². The SMILES string of the molecule is O=C(O)CC1(c2cc(CF)cc(F)c2F)CC1. The highest BCUT2D eigenvalue weighted by molar-refractivity contribution is 5.70. The highest BCUT2D eigenvalue weighted by atomic mass is 19.2. The van der Waals surface area contributed by atoms with E-state index in [1.807, 2.05) is 0 Å². The largest absolute Gasteiger partial charge is 0.481 e. The number of hydrogen-bond donors (Lipinski definition) is 1. The van der Waals surface area contributed by atoms with Gasteiger partial charge in [0.1, 0.15) is 6.67 Å². The fraction of sp³-hybridized carbons (Fsp3) is 0.417. The lowest BCUT2D eigenvalue weighted by molar-refractivity contribution is -0.137. The van der Waals surface area contributed by atoms with Crippen LogP contribution in [0.1, 0.15) is 30.4 Å². The van der Waals surface area contributed by atoms with Crippen molar-refractivity contribution < 1.29 is 23.1 Å². The second kappa shape index (κ2) is 4.05. The van der Waals surface area contributed by atoms with E-state index in [1.54, 1.807) is 0 Å². The molecule has 0 unspecified atom stereocenters. The topological polar surface area (TPSA) is 37.3 Å². The highest BCUT2D eigenvalue weighted by Gasteiger charge is 2.48. The summed E-state index contributed by atoms with van der Waals surface area (Å²) in [5, 5.41) is 8.75. The minimum Gasteiger partial charge on any atom is -0.481 e. The monoisotopic (exact) mass is 244 g/mol. The number of rotatable bonds is 4. The van der Waals surface area contributed by atoms with Crippen LogP contribution in [0.15, 0.2) is 12.1 Å². The van der Waals surface area contributed by atoms with Crippen molar-refractivity contribution in [3.63, 3.8) is 0 Å². The third kappa shape index (κ3) is 2.14. The van der Waals surface area contributed by atoms with Crippen molar-refractivity contribution in [1.82, 2.24) is 0 Å². The number of carbonyl (C=O) groups is 1. The molecule has 1 saturated carbocycles. The molecule has 1 fully saturated rings. The zero-order chi connectivity index (χ0) is 12.6. The molecule has 5 heteroatoms. The molecule has 0 radical (unpaired) electrons. The molecule has 1 aliphatic rings. The molecule has 2 rings (SSSR count). The summed E-state index contributed by atoms with van der Waals surface area (Å²) in [6.45, 7) is -0.895. The summed E-state index contributed by atoms with van der Waals surface area (Å²) >= 11 is 0. The van der Waals surface area contributed by atoms with Crippen molar-refractivity contribution in [2.45, 2.75) is 31.4 Å². The fourth-order valence-corrected chi connectivity index (χ4v) is 2.09. The Hall–Kier alpha value is -1.52. The summed E-state index contributed by atoms with van der Waals surface area (Å²) in [6, 6.07) is 2.03. The molecule has 0 saturated heterocycles. The first-order chi connectivity index (χ1) is 7.98. The molecule has 0 amide bonds. The van der Waals surface area contributed by atoms with Gasteiger partial charge in [0, 0.05) is 5.41 Å². The molecular weight excluding hydrogens is 233 g/mol. The zero-order valence-electron chi connectivity index (χ0n) is 8.97. The van der Waals surface area contributed by atoms with Gasteiger partial charge in [0.05, 0.1) is 6.42 Å². The number of carboxylic acids is 1. The predicted octanol–water partition coefficient (Wildman–Crippen LogP) is 2.94. The lowest BCUT2D eigenvalue weighted by Gasteiger charge is -2.15. The average molecular weight is 244 g/mol. The maximum atomic E-state index is 13.6. The van der Waals surface area contributed by atoms with E-state index >= 15 is 0 Å². The van der Waals surface area contributed by atoms with E-state index in [0.717, 1.165) is 6.07 Å². The van der Waals surface area contributed by atoms with E-state index in [9.17, 15) is 18.0 Å². The second-order valence-electron chi connectivity index (χ2n) is 4.42. The number of carboxylic acid groups (broad SMARTS) is 1. The maximum Gasteiger partial charge on any atom is 0.304 e. The molecule has 1 aliphatic carbocycles. The third-order valence-electron chi connectivity index (χ3n) is 3.16. The van der Waals surface area contributed by atoms with E-state index in [-0.39, 0.29) is 17.5 Å². The first kappa shape index (κ1) is 12.0. The predicted molar refractivity (Wildman–Crippen MR) is 54.3 cm³/mol. The number of hydrogen-bond acceptors (Lipinski definition) is 1. The molecule has 0 spiro atoms. The standard InChI is InChI=1S/C12H11F3O2/c13-6-7-3-8(11(15)9(14)4-7)12(1-2-12)5-10(16)17/h3-4H,1-2,5-6H2,(H,16,17). The van der Waals surface area contributed by atoms with Crippen LogP contribution in [0.5, 0.6) is 0 Å². The van der Waals surface area contributed by atoms with E-state index in [2.05, 4.69) is 0 Å². The normalized spacial score (nSPS) is 16.9. The van der Waals surface area contributed by atoms with E-state index < -0.39 is 29.7 Å². The van der Waals surface area contributed by atoms with Gasteiger partial charge < -0.3 is 5.11 Å². The zero-order valence-corrected chi connectivity index (χ0v) is 8.97. The van der Waals surface area contributed by atoms with Crippen LogP contribution in [-0.2, 0) is 16.9 Å². The Bertz CT molecular complexity index is 467. The van der Waals surface area contributed by atoms with Gasteiger partial charge in [0.25, 0.3) is 0 Å². The fourth-order valence-electron chi connectivity index (χ4n) is 2.09. The summed E-state index contributed by atoms with van der Waals surface area (Å²) in [5.41, 5.74) is -0.815. The molecule has 0 bridgehead atoms. The van der Waals surface area contributed by atoms with Crippen LogP contribution in [0.4, 0.5) is 13.2 Å². The Kier molecular flexibility index (Phi) is 2.85. The van der Waals surface area contributed by atoms with Crippen LogP contribution in [0.3, 0.4) is 0 Å². The third-order valence-corrected chi connectivity index (χ3v) is 3.16. The Balaban J connectivity index is 2.44. The van der Waals surface area contributed by atoms with E-state index in [1.165, 1.54) is 6.07 Å². The van der Waals surface area contributed by atoms with Crippen molar-refractivity contribution in [2.24, 2.45) is 0 Å². The summed E-state index contributed by atoms with van der Waals surface area (Å²) in [7, 11) is 0. The van der Waals surface area contributed by atoms with Crippen LogP contribution in [0.25, 0.3) is 0 Å². The quantitative estimate of drug-likeness (QED) is 0.884. The summed E-state index contributed by atoms with van der Waals surface area (Å²) in [6.07, 6.45) is 0.732. The van der Waals surface area contributed by atoms with Crippen molar-refractivity contribution in [1.29, 1.82) is 0 Å². The first-order valence-electron chi connectivity index (χ1n) is 5.25. The Labute approximate surface area is 96.1 Å². The lowest BCUT2D eigenvalue weighted by atomic mass is 9.90. The molecule has 1 aromatic rings. The van der Waals surface area contributed by atoms with Crippen molar-refractivity contribution in [3.05, 3.63) is 34.9 Å². The van der Waals surface area contributed by atoms with Gasteiger partial charge >= 0.3 is 5.97 Å². The van der Waals surface area contributed by atoms with Crippen LogP contribution in [0, 0.1) is 11.6 Å². The Morgan fingerprint density at radius 2 is 2.00 bits per heavy atom. The number of halogens is 3. The molecule has 1 N–H and O–H groups in total.